The van der Waals surface area contributed by atoms with Gasteiger partial charge < -0.3 is 15.2 Å². The van der Waals surface area contributed by atoms with E-state index >= 15 is 0 Å². The number of carbonyl (C=O) groups is 4. The van der Waals surface area contributed by atoms with Crippen LogP contribution < -0.4 is 10.4 Å². The number of aliphatic carboxylic acids is 1. The quantitative estimate of drug-likeness (QED) is 0.434. The van der Waals surface area contributed by atoms with Gasteiger partial charge in [-0.2, -0.15) is 0 Å². The third-order valence-corrected chi connectivity index (χ3v) is 6.95. The van der Waals surface area contributed by atoms with E-state index in [2.05, 4.69) is 5.32 Å². The van der Waals surface area contributed by atoms with E-state index in [-0.39, 0.29) is 12.1 Å². The third-order valence-electron chi connectivity index (χ3n) is 5.85. The molecule has 1 N–H and O–H groups in total. The molecule has 196 valence electrons. The van der Waals surface area contributed by atoms with Crippen molar-refractivity contribution in [1.82, 2.24) is 14.5 Å². The first-order chi connectivity index (χ1) is 17.4. The summed E-state index contributed by atoms with van der Waals surface area (Å²) in [5, 5.41) is 13.7. The minimum atomic E-state index is -3.83. The van der Waals surface area contributed by atoms with Crippen molar-refractivity contribution in [2.75, 3.05) is 12.8 Å². The highest BCUT2D eigenvalue weighted by Crippen LogP contribution is 2.31. The minimum absolute atomic E-state index is 0.0921. The number of sulfonamides is 1. The molecule has 0 bridgehead atoms. The van der Waals surface area contributed by atoms with Gasteiger partial charge in [0.1, 0.15) is 18.6 Å². The van der Waals surface area contributed by atoms with Crippen molar-refractivity contribution in [3.8, 4) is 0 Å². The van der Waals surface area contributed by atoms with Crippen molar-refractivity contribution in [1.29, 1.82) is 0 Å². The summed E-state index contributed by atoms with van der Waals surface area (Å²) in [6.45, 7) is 2.82. The average molecular weight is 527 g/mol. The van der Waals surface area contributed by atoms with Gasteiger partial charge in [0.25, 0.3) is 5.91 Å². The predicted molar refractivity (Wildman–Crippen MR) is 134 cm³/mol. The number of carboxylic acid groups (broad SMARTS) is 1. The first-order valence-electron chi connectivity index (χ1n) is 11.6. The maximum Gasteiger partial charge on any atom is 0.251 e. The number of ketones is 1. The van der Waals surface area contributed by atoms with Crippen LogP contribution in [0.5, 0.6) is 0 Å². The molecule has 1 aliphatic heterocycles. The maximum atomic E-state index is 13.6. The van der Waals surface area contributed by atoms with Crippen molar-refractivity contribution in [2.24, 2.45) is 5.92 Å². The topological polar surface area (TPSA) is 144 Å². The molecular formula is C26H28N3O7S-. The molecule has 0 fully saturated rings. The Labute approximate surface area is 215 Å². The first-order valence-corrected chi connectivity index (χ1v) is 13.4. The molecular weight excluding hydrogens is 498 g/mol. The summed E-state index contributed by atoms with van der Waals surface area (Å²) in [5.74, 6) is -5.08. The minimum Gasteiger partial charge on any atom is -0.542 e. The fourth-order valence-corrected chi connectivity index (χ4v) is 5.16. The van der Waals surface area contributed by atoms with Crippen molar-refractivity contribution in [3.05, 3.63) is 78.0 Å². The van der Waals surface area contributed by atoms with Gasteiger partial charge in [0.05, 0.1) is 18.0 Å². The van der Waals surface area contributed by atoms with E-state index in [1.54, 1.807) is 74.5 Å². The number of hydrogen-bond acceptors (Lipinski definition) is 7. The fourth-order valence-electron chi connectivity index (χ4n) is 4.13. The number of carboxylic acids is 1. The van der Waals surface area contributed by atoms with Crippen molar-refractivity contribution in [2.45, 2.75) is 32.4 Å². The van der Waals surface area contributed by atoms with Gasteiger partial charge in [0, 0.05) is 12.6 Å². The number of Topliss-reactive ketones (excluding diaryl/α,β-unsaturated/α-hetero) is 1. The lowest BCUT2D eigenvalue weighted by molar-refractivity contribution is -0.300. The Morgan fingerprint density at radius 2 is 1.57 bits per heavy atom. The highest BCUT2D eigenvalue weighted by atomic mass is 32.2. The molecule has 0 saturated heterocycles. The molecule has 10 nitrogen and oxygen atoms in total. The molecule has 1 aliphatic rings. The highest BCUT2D eigenvalue weighted by Gasteiger charge is 2.42. The smallest absolute Gasteiger partial charge is 0.251 e. The molecule has 0 aliphatic carbocycles. The van der Waals surface area contributed by atoms with Gasteiger partial charge >= 0.3 is 0 Å². The summed E-state index contributed by atoms with van der Waals surface area (Å²) in [6.07, 6.45) is 2.22. The van der Waals surface area contributed by atoms with E-state index in [0.29, 0.717) is 11.1 Å². The molecule has 2 aromatic rings. The van der Waals surface area contributed by atoms with Crippen LogP contribution in [-0.4, -0.2) is 66.1 Å². The number of benzene rings is 2. The van der Waals surface area contributed by atoms with E-state index < -0.39 is 58.1 Å². The lowest BCUT2D eigenvalue weighted by Crippen LogP contribution is -2.57. The van der Waals surface area contributed by atoms with Crippen LogP contribution in [0.2, 0.25) is 0 Å². The van der Waals surface area contributed by atoms with Gasteiger partial charge in [-0.05, 0) is 17.0 Å². The van der Waals surface area contributed by atoms with Gasteiger partial charge in [-0.3, -0.25) is 23.6 Å². The monoisotopic (exact) mass is 526 g/mol. The largest absolute Gasteiger partial charge is 0.542 e. The Hall–Kier alpha value is -3.99. The second-order valence-corrected chi connectivity index (χ2v) is 10.9. The average Bonchev–Trinajstić information content (AvgIpc) is 2.84. The van der Waals surface area contributed by atoms with Gasteiger partial charge in [-0.1, -0.05) is 74.5 Å². The number of rotatable bonds is 10. The van der Waals surface area contributed by atoms with Crippen LogP contribution in [0.1, 0.15) is 25.0 Å². The Bertz CT molecular complexity index is 1310. The van der Waals surface area contributed by atoms with Gasteiger partial charge in [-0.15, -0.1) is 0 Å². The summed E-state index contributed by atoms with van der Waals surface area (Å²) in [6, 6.07) is 14.5. The van der Waals surface area contributed by atoms with Crippen LogP contribution >= 0.6 is 0 Å². The van der Waals surface area contributed by atoms with Gasteiger partial charge in [-0.25, -0.2) is 8.42 Å². The second kappa shape index (κ2) is 11.4. The molecule has 0 spiro atoms. The van der Waals surface area contributed by atoms with E-state index in [4.69, 9.17) is 0 Å². The van der Waals surface area contributed by atoms with Crippen LogP contribution in [0.4, 0.5) is 0 Å². The zero-order valence-corrected chi connectivity index (χ0v) is 21.5. The van der Waals surface area contributed by atoms with Crippen LogP contribution in [0, 0.1) is 5.92 Å². The van der Waals surface area contributed by atoms with Gasteiger partial charge in [0.2, 0.25) is 21.7 Å². The molecule has 11 heteroatoms. The first kappa shape index (κ1) is 27.6. The summed E-state index contributed by atoms with van der Waals surface area (Å²) >= 11 is 0. The van der Waals surface area contributed by atoms with E-state index in [0.717, 1.165) is 15.5 Å². The molecule has 2 amide bonds. The molecule has 37 heavy (non-hydrogen) atoms. The Morgan fingerprint density at radius 3 is 2.08 bits per heavy atom. The Morgan fingerprint density at radius 1 is 1.00 bits per heavy atom. The molecule has 1 heterocycles. The third kappa shape index (κ3) is 6.62. The summed E-state index contributed by atoms with van der Waals surface area (Å²) in [7, 11) is -3.83. The zero-order valence-electron chi connectivity index (χ0n) is 20.7. The molecule has 2 atom stereocenters. The molecule has 0 aromatic heterocycles. The van der Waals surface area contributed by atoms with Crippen molar-refractivity contribution < 1.29 is 32.7 Å². The lowest BCUT2D eigenvalue weighted by Gasteiger charge is -2.40. The zero-order chi connectivity index (χ0) is 27.3. The van der Waals surface area contributed by atoms with E-state index in [1.807, 2.05) is 0 Å². The Balaban J connectivity index is 1.96. The summed E-state index contributed by atoms with van der Waals surface area (Å²) < 4.78 is 26.1. The summed E-state index contributed by atoms with van der Waals surface area (Å²) in [5.41, 5.74) is 1.28. The molecule has 0 saturated carbocycles. The van der Waals surface area contributed by atoms with Crippen molar-refractivity contribution in [3.63, 3.8) is 0 Å². The van der Waals surface area contributed by atoms with E-state index in [9.17, 15) is 32.7 Å². The van der Waals surface area contributed by atoms with Crippen LogP contribution in [-0.2, 0) is 35.6 Å². The molecule has 0 radical (unpaired) electrons. The normalized spacial score (nSPS) is 16.8. The molecule has 3 rings (SSSR count). The van der Waals surface area contributed by atoms with Crippen LogP contribution in [0.25, 0.3) is 5.70 Å². The SMILES string of the molecule is CC(C)C1C(=O)N(CC(=O)N[C@@H](Cc2ccccc2)C(=O)C(=O)[O-])C(c2ccccc2)=CN1S(C)(=O)=O. The standard InChI is InChI=1S/C26H29N3O7S/c1-17(2)23-25(32)28(21(15-29(23)37(3,35)36)19-12-8-5-9-13-19)16-22(30)27-20(24(31)26(33)34)14-18-10-6-4-7-11-18/h4-13,15,17,20,23H,14,16H2,1-3H3,(H,27,30)(H,33,34)/p-1/t20-,23?/m0/s1. The summed E-state index contributed by atoms with van der Waals surface area (Å²) in [4.78, 5) is 51.4. The maximum absolute atomic E-state index is 13.6. The predicted octanol–water partition coefficient (Wildman–Crippen LogP) is 0.160. The molecule has 1 unspecified atom stereocenters. The Kier molecular flexibility index (Phi) is 8.49. The fraction of sp³-hybridized carbons (Fsp3) is 0.308. The lowest BCUT2D eigenvalue weighted by atomic mass is 9.99. The van der Waals surface area contributed by atoms with E-state index in [1.165, 1.54) is 6.20 Å². The number of nitrogens with one attached hydrogen (secondary N) is 1. The second-order valence-electron chi connectivity index (χ2n) is 9.05. The number of carbonyl (C=O) groups excluding carboxylic acids is 4. The highest BCUT2D eigenvalue weighted by molar-refractivity contribution is 7.88. The van der Waals surface area contributed by atoms with Crippen LogP contribution in [0.3, 0.4) is 0 Å². The molecule has 2 aromatic carbocycles. The van der Waals surface area contributed by atoms with Crippen LogP contribution in [0.15, 0.2) is 66.9 Å². The van der Waals surface area contributed by atoms with Gasteiger partial charge in [0.15, 0.2) is 0 Å². The van der Waals surface area contributed by atoms with Crippen molar-refractivity contribution >= 4 is 39.3 Å². The number of nitrogens with zero attached hydrogens (tertiary/aromatic N) is 2. The number of amides is 2. The number of hydrogen-bond donors (Lipinski definition) is 1.